The van der Waals surface area contributed by atoms with Gasteiger partial charge in [-0.25, -0.2) is 48.3 Å². The summed E-state index contributed by atoms with van der Waals surface area (Å²) in [5.41, 5.74) is 9.49. The molecule has 8 aromatic rings. The van der Waals surface area contributed by atoms with Crippen molar-refractivity contribution in [3.05, 3.63) is 177 Å². The number of amides is 2. The fourth-order valence-corrected chi connectivity index (χ4v) is 10.0. The van der Waals surface area contributed by atoms with Crippen LogP contribution in [0.5, 0.6) is 0 Å². The van der Waals surface area contributed by atoms with Crippen molar-refractivity contribution in [1.82, 2.24) is 44.8 Å². The van der Waals surface area contributed by atoms with Crippen LogP contribution >= 0.6 is 11.6 Å². The first-order valence-electron chi connectivity index (χ1n) is 26.5. The Morgan fingerprint density at radius 3 is 1.34 bits per heavy atom. The molecular weight excluding hydrogens is 1070 g/mol. The number of hydrogen-bond donors (Lipinski definition) is 5. The summed E-state index contributed by atoms with van der Waals surface area (Å²) in [7, 11) is -3.32. The van der Waals surface area contributed by atoms with Gasteiger partial charge in [-0.2, -0.15) is 0 Å². The van der Waals surface area contributed by atoms with Gasteiger partial charge in [0.2, 0.25) is 5.91 Å². The Kier molecular flexibility index (Phi) is 23.0. The van der Waals surface area contributed by atoms with E-state index >= 15 is 0 Å². The number of nitrogens with one attached hydrogen (secondary N) is 5. The number of hydrogen-bond acceptors (Lipinski definition) is 16. The molecule has 432 valence electrons. The number of likely N-dealkylation sites (tertiary alicyclic amines) is 1. The molecule has 0 spiro atoms. The fraction of sp³-hybridized carbons (Fsp3) is 0.323. The maximum atomic E-state index is 12.5. The first-order chi connectivity index (χ1) is 38.3. The number of anilines is 9. The van der Waals surface area contributed by atoms with Crippen LogP contribution in [-0.4, -0.2) is 83.8 Å². The van der Waals surface area contributed by atoms with Crippen molar-refractivity contribution in [2.24, 2.45) is 5.41 Å². The minimum atomic E-state index is -3.32. The summed E-state index contributed by atoms with van der Waals surface area (Å²) in [4.78, 5) is 59.7. The molecule has 0 aliphatic carbocycles. The van der Waals surface area contributed by atoms with E-state index in [1.165, 1.54) is 6.92 Å². The normalized spacial score (nSPS) is 11.7. The van der Waals surface area contributed by atoms with E-state index in [0.29, 0.717) is 28.0 Å². The third kappa shape index (κ3) is 20.0. The summed E-state index contributed by atoms with van der Waals surface area (Å²) in [6, 6.07) is 27.7. The van der Waals surface area contributed by atoms with E-state index in [1.54, 1.807) is 36.8 Å². The van der Waals surface area contributed by atoms with Gasteiger partial charge >= 0.3 is 0 Å². The Hall–Kier alpha value is -8.42. The second-order valence-electron chi connectivity index (χ2n) is 20.9. The quantitative estimate of drug-likeness (QED) is 0.0765. The summed E-state index contributed by atoms with van der Waals surface area (Å²) >= 11 is 5.99. The number of rotatable bonds is 12. The minimum Gasteiger partial charge on any atom is -0.340 e. The summed E-state index contributed by atoms with van der Waals surface area (Å²) in [5.74, 6) is 6.03. The van der Waals surface area contributed by atoms with Gasteiger partial charge in [0.15, 0.2) is 9.84 Å². The molecular formula is C62H77ClN14O4S. The van der Waals surface area contributed by atoms with Crippen molar-refractivity contribution in [3.8, 4) is 0 Å². The predicted octanol–water partition coefficient (Wildman–Crippen LogP) is 14.0. The van der Waals surface area contributed by atoms with Crippen LogP contribution in [0.15, 0.2) is 121 Å². The maximum Gasteiger partial charge on any atom is 0.253 e. The highest BCUT2D eigenvalue weighted by molar-refractivity contribution is 7.91. The standard InChI is InChI=1S/C17H20N4O.C17H23N3O2S.C14H16N4O.C13H14ClN3.CH4/c1-12-11-18-13(2)19-16(12)20-15-7-5-6-14(10-15)17(22)21-8-3-4-9-21;1-12-10-18-13(2)19-16(12)20-14-7-6-8-15(9-14)23(21,22)11-17(3,4)5;1-9-8-15-10(2)16-14(9)18-13-6-4-5-12(7-13)17-11(3)19;1-8-6-11(4-5-12(8)14)17-13-9(2)7-15-10(3)16-13;/h5-7,10-11H,3-4,8-9H2,1-2H3,(H,18,19,20);6-10H,11H2,1-5H3,(H,18,19,20);4-8H,1-3H3,(H,17,19)(H,15,16,18);4-7H,1-3H3,(H,15,16,17);1H4. The molecule has 82 heavy (non-hydrogen) atoms. The predicted molar refractivity (Wildman–Crippen MR) is 332 cm³/mol. The van der Waals surface area contributed by atoms with Crippen molar-refractivity contribution in [1.29, 1.82) is 0 Å². The zero-order chi connectivity index (χ0) is 59.0. The average Bonchev–Trinajstić information content (AvgIpc) is 4.10. The summed E-state index contributed by atoms with van der Waals surface area (Å²) in [6.45, 7) is 26.1. The zero-order valence-corrected chi connectivity index (χ0v) is 50.0. The fourth-order valence-electron chi connectivity index (χ4n) is 8.03. The third-order valence-electron chi connectivity index (χ3n) is 12.1. The van der Waals surface area contributed by atoms with E-state index in [0.717, 1.165) is 116 Å². The van der Waals surface area contributed by atoms with E-state index in [-0.39, 0.29) is 30.4 Å². The van der Waals surface area contributed by atoms with Gasteiger partial charge in [0.05, 0.1) is 10.6 Å². The second kappa shape index (κ2) is 29.3. The molecule has 0 radical (unpaired) electrons. The summed E-state index contributed by atoms with van der Waals surface area (Å²) < 4.78 is 25.0. The number of benzene rings is 4. The third-order valence-corrected chi connectivity index (χ3v) is 14.7. The molecule has 2 amide bonds. The Morgan fingerprint density at radius 2 is 0.915 bits per heavy atom. The topological polar surface area (TPSA) is 235 Å². The van der Waals surface area contributed by atoms with E-state index in [1.807, 2.05) is 167 Å². The molecule has 5 heterocycles. The highest BCUT2D eigenvalue weighted by atomic mass is 35.5. The van der Waals surface area contributed by atoms with E-state index in [9.17, 15) is 18.0 Å². The first kappa shape index (κ1) is 64.4. The van der Waals surface area contributed by atoms with Gasteiger partial charge in [0, 0.05) is 106 Å². The molecule has 0 atom stereocenters. The summed E-state index contributed by atoms with van der Waals surface area (Å²) in [5, 5.41) is 16.5. The van der Waals surface area contributed by atoms with Gasteiger partial charge in [0.25, 0.3) is 5.91 Å². The van der Waals surface area contributed by atoms with Gasteiger partial charge in [-0.3, -0.25) is 9.59 Å². The van der Waals surface area contributed by atoms with Gasteiger partial charge in [-0.1, -0.05) is 58.0 Å². The highest BCUT2D eigenvalue weighted by Gasteiger charge is 2.24. The molecule has 20 heteroatoms. The first-order valence-corrected chi connectivity index (χ1v) is 28.5. The molecule has 0 bridgehead atoms. The van der Waals surface area contributed by atoms with Crippen molar-refractivity contribution < 1.29 is 18.0 Å². The molecule has 1 aliphatic rings. The number of carbonyl (C=O) groups is 2. The van der Waals surface area contributed by atoms with Crippen LogP contribution in [-0.2, 0) is 14.6 Å². The molecule has 0 unspecified atom stereocenters. The van der Waals surface area contributed by atoms with Crippen LogP contribution in [0.3, 0.4) is 0 Å². The van der Waals surface area contributed by atoms with E-state index in [2.05, 4.69) is 66.5 Å². The van der Waals surface area contributed by atoms with E-state index in [4.69, 9.17) is 11.6 Å². The monoisotopic (exact) mass is 1150 g/mol. The molecule has 1 aliphatic heterocycles. The average molecular weight is 1150 g/mol. The number of carbonyl (C=O) groups excluding carboxylic acids is 2. The molecule has 0 saturated carbocycles. The van der Waals surface area contributed by atoms with Crippen LogP contribution in [0.1, 0.15) is 109 Å². The largest absolute Gasteiger partial charge is 0.340 e. The maximum absolute atomic E-state index is 12.5. The van der Waals surface area contributed by atoms with Crippen LogP contribution in [0.2, 0.25) is 5.02 Å². The zero-order valence-electron chi connectivity index (χ0n) is 48.4. The molecule has 1 saturated heterocycles. The van der Waals surface area contributed by atoms with E-state index < -0.39 is 9.84 Å². The minimum absolute atomic E-state index is 0. The second-order valence-corrected chi connectivity index (χ2v) is 23.3. The molecule has 4 aromatic carbocycles. The number of nitrogens with zero attached hydrogens (tertiary/aromatic N) is 9. The van der Waals surface area contributed by atoms with Crippen molar-refractivity contribution in [3.63, 3.8) is 0 Å². The molecule has 9 rings (SSSR count). The Morgan fingerprint density at radius 1 is 0.524 bits per heavy atom. The highest BCUT2D eigenvalue weighted by Crippen LogP contribution is 2.28. The van der Waals surface area contributed by atoms with Crippen LogP contribution in [0, 0.1) is 67.7 Å². The number of aromatic nitrogens is 8. The lowest BCUT2D eigenvalue weighted by Gasteiger charge is -2.18. The Balaban J connectivity index is 0.000000201. The molecule has 4 aromatic heterocycles. The van der Waals surface area contributed by atoms with Crippen LogP contribution < -0.4 is 26.6 Å². The van der Waals surface area contributed by atoms with Gasteiger partial charge < -0.3 is 31.5 Å². The van der Waals surface area contributed by atoms with Gasteiger partial charge in [-0.05, 0) is 159 Å². The van der Waals surface area contributed by atoms with Crippen LogP contribution in [0.25, 0.3) is 0 Å². The molecule has 18 nitrogen and oxygen atoms in total. The lowest BCUT2D eigenvalue weighted by molar-refractivity contribution is -0.114. The van der Waals surface area contributed by atoms with Crippen molar-refractivity contribution in [2.75, 3.05) is 45.4 Å². The van der Waals surface area contributed by atoms with Crippen LogP contribution in [0.4, 0.5) is 51.7 Å². The Labute approximate surface area is 488 Å². The smallest absolute Gasteiger partial charge is 0.253 e. The number of sulfone groups is 1. The van der Waals surface area contributed by atoms with Gasteiger partial charge in [-0.15, -0.1) is 0 Å². The summed E-state index contributed by atoms with van der Waals surface area (Å²) in [6.07, 6.45) is 9.33. The molecule has 1 fully saturated rings. The number of aryl methyl sites for hydroxylation is 9. The van der Waals surface area contributed by atoms with Crippen molar-refractivity contribution >= 4 is 85.0 Å². The Bertz CT molecular complexity index is 3610. The number of halogens is 1. The van der Waals surface area contributed by atoms with Crippen molar-refractivity contribution in [2.45, 2.75) is 115 Å². The SMILES string of the molecule is C.CC(=O)Nc1cccc(Nc2nc(C)ncc2C)c1.Cc1ncc(C)c(Nc2ccc(Cl)c(C)c2)n1.Cc1ncc(C)c(Nc2cccc(C(=O)N3CCCC3)c2)n1.Cc1ncc(C)c(Nc2cccc(S(=O)(=O)CC(C)(C)C)c2)n1. The molecule has 5 N–H and O–H groups in total. The lowest BCUT2D eigenvalue weighted by Crippen LogP contribution is -2.27. The van der Waals surface area contributed by atoms with Gasteiger partial charge in [0.1, 0.15) is 46.6 Å². The lowest BCUT2D eigenvalue weighted by atomic mass is 10.0.